The number of carbonyl (C=O) groups excluding carboxylic acids is 2. The van der Waals surface area contributed by atoms with Crippen LogP contribution in [0.25, 0.3) is 0 Å². The number of rotatable bonds is 15. The van der Waals surface area contributed by atoms with E-state index in [4.69, 9.17) is 13.9 Å². The Kier molecular flexibility index (Phi) is 14.0. The third-order valence-electron chi connectivity index (χ3n) is 7.64. The molecule has 4 atom stereocenters. The van der Waals surface area contributed by atoms with Gasteiger partial charge in [0.2, 0.25) is 0 Å². The van der Waals surface area contributed by atoms with Crippen LogP contribution >= 0.6 is 0 Å². The van der Waals surface area contributed by atoms with Crippen LogP contribution < -0.4 is 0 Å². The van der Waals surface area contributed by atoms with Gasteiger partial charge in [-0.1, -0.05) is 71.3 Å². The topological polar surface area (TPSA) is 61.8 Å². The van der Waals surface area contributed by atoms with Crippen LogP contribution in [0, 0.1) is 11.8 Å². The largest absolute Gasteiger partial charge is 0.469 e. The molecule has 0 heterocycles. The first-order chi connectivity index (χ1) is 17.1. The van der Waals surface area contributed by atoms with Gasteiger partial charge in [0.15, 0.2) is 8.32 Å². The molecule has 0 N–H and O–H groups in total. The summed E-state index contributed by atoms with van der Waals surface area (Å²) in [7, 11) is -0.513. The molecule has 0 saturated heterocycles. The molecule has 37 heavy (non-hydrogen) atoms. The van der Waals surface area contributed by atoms with E-state index in [-0.39, 0.29) is 46.4 Å². The Morgan fingerprint density at radius 2 is 1.76 bits per heavy atom. The van der Waals surface area contributed by atoms with Crippen LogP contribution in [0.3, 0.4) is 0 Å². The Hall–Kier alpha value is -1.24. The highest BCUT2D eigenvalue weighted by Crippen LogP contribution is 2.40. The van der Waals surface area contributed by atoms with Crippen molar-refractivity contribution in [1.82, 2.24) is 0 Å². The van der Waals surface area contributed by atoms with Crippen molar-refractivity contribution in [2.75, 3.05) is 7.11 Å². The molecule has 214 valence electrons. The molecule has 0 aromatic carbocycles. The summed E-state index contributed by atoms with van der Waals surface area (Å²) >= 11 is 0. The minimum Gasteiger partial charge on any atom is -0.469 e. The van der Waals surface area contributed by atoms with E-state index < -0.39 is 8.32 Å². The van der Waals surface area contributed by atoms with E-state index in [1.807, 2.05) is 0 Å². The van der Waals surface area contributed by atoms with Gasteiger partial charge in [0, 0.05) is 24.7 Å². The van der Waals surface area contributed by atoms with Crippen LogP contribution in [0.4, 0.5) is 0 Å². The molecule has 6 heteroatoms. The first-order valence-electron chi connectivity index (χ1n) is 14.4. The van der Waals surface area contributed by atoms with Gasteiger partial charge in [-0.3, -0.25) is 9.59 Å². The average molecular weight is 537 g/mol. The molecule has 0 amide bonds. The van der Waals surface area contributed by atoms with Crippen molar-refractivity contribution in [2.24, 2.45) is 11.8 Å². The second kappa shape index (κ2) is 15.4. The van der Waals surface area contributed by atoms with Crippen molar-refractivity contribution in [2.45, 2.75) is 142 Å². The maximum absolute atomic E-state index is 13.1. The highest BCUT2D eigenvalue weighted by Gasteiger charge is 2.43. The quantitative estimate of drug-likeness (QED) is 0.0913. The fourth-order valence-corrected chi connectivity index (χ4v) is 5.81. The molecular weight excluding hydrogens is 480 g/mol. The fourth-order valence-electron chi connectivity index (χ4n) is 4.50. The highest BCUT2D eigenvalue weighted by molar-refractivity contribution is 6.74. The third kappa shape index (κ3) is 12.4. The van der Waals surface area contributed by atoms with Crippen LogP contribution in [-0.2, 0) is 23.5 Å². The van der Waals surface area contributed by atoms with E-state index in [9.17, 15) is 9.59 Å². The molecule has 0 bridgehead atoms. The highest BCUT2D eigenvalue weighted by atomic mass is 28.4. The molecular formula is C31H56O5Si. The smallest absolute Gasteiger partial charge is 0.305 e. The van der Waals surface area contributed by atoms with Gasteiger partial charge in [-0.15, -0.1) is 0 Å². The average Bonchev–Trinajstić information content (AvgIpc) is 3.05. The molecule has 1 rings (SSSR count). The number of carbonyl (C=O) groups is 2. The Labute approximate surface area is 228 Å². The van der Waals surface area contributed by atoms with Crippen molar-refractivity contribution < 1.29 is 23.5 Å². The Bertz CT molecular complexity index is 757. The number of Topliss-reactive ketones (excluding diaryl/α,β-unsaturated/α-hetero) is 1. The number of methoxy groups -OCH3 is 1. The van der Waals surface area contributed by atoms with E-state index in [1.54, 1.807) is 0 Å². The van der Waals surface area contributed by atoms with Gasteiger partial charge in [-0.25, -0.2) is 0 Å². The van der Waals surface area contributed by atoms with Crippen molar-refractivity contribution in [3.8, 4) is 0 Å². The number of unbranched alkanes of at least 4 members (excludes halogenated alkanes) is 3. The maximum atomic E-state index is 13.1. The number of ether oxygens (including phenoxy) is 2. The fraction of sp³-hybridized carbons (Fsp3) is 0.806. The van der Waals surface area contributed by atoms with Crippen molar-refractivity contribution in [1.29, 1.82) is 0 Å². The van der Waals surface area contributed by atoms with Crippen molar-refractivity contribution in [3.63, 3.8) is 0 Å². The van der Waals surface area contributed by atoms with Gasteiger partial charge >= 0.3 is 5.97 Å². The molecule has 1 aliphatic carbocycles. The van der Waals surface area contributed by atoms with E-state index in [2.05, 4.69) is 85.9 Å². The van der Waals surface area contributed by atoms with Gasteiger partial charge < -0.3 is 13.9 Å². The second-order valence-corrected chi connectivity index (χ2v) is 17.9. The number of hydrogen-bond donors (Lipinski definition) is 0. The van der Waals surface area contributed by atoms with E-state index in [0.717, 1.165) is 25.7 Å². The summed E-state index contributed by atoms with van der Waals surface area (Å²) in [4.78, 5) is 24.4. The Morgan fingerprint density at radius 1 is 1.08 bits per heavy atom. The summed E-state index contributed by atoms with van der Waals surface area (Å²) in [6.45, 7) is 19.9. The zero-order valence-electron chi connectivity index (χ0n) is 25.5. The number of allylic oxidation sites excluding steroid dienone is 2. The summed E-state index contributed by atoms with van der Waals surface area (Å²) in [5.74, 6) is 0.0314. The van der Waals surface area contributed by atoms with Gasteiger partial charge in [-0.05, 0) is 64.6 Å². The monoisotopic (exact) mass is 536 g/mol. The van der Waals surface area contributed by atoms with Crippen LogP contribution in [0.5, 0.6) is 0 Å². The standard InChI is InChI=1S/C31H56O5Si/c1-11-12-15-18-24(36-37(9,10)31(5,6)7)21-22-26-25(19-16-13-14-17-20-29(33)34-8)27(32)23-28(26)35-30(2,3)4/h13,16,21-22,24-26,28H,11-12,14-15,17-20,23H2,1-10H3/t24?,25-,26-,28?/m1/s1. The summed E-state index contributed by atoms with van der Waals surface area (Å²) in [6.07, 6.45) is 16.3. The number of hydrogen-bond acceptors (Lipinski definition) is 5. The lowest BCUT2D eigenvalue weighted by Crippen LogP contribution is -2.43. The molecule has 1 saturated carbocycles. The number of ketones is 1. The normalized spacial score (nSPS) is 22.3. The van der Waals surface area contributed by atoms with Crippen LogP contribution in [-0.4, -0.2) is 45.0 Å². The first kappa shape index (κ1) is 33.8. The van der Waals surface area contributed by atoms with Gasteiger partial charge in [-0.2, -0.15) is 0 Å². The molecule has 2 unspecified atom stereocenters. The van der Waals surface area contributed by atoms with E-state index in [1.165, 1.54) is 20.0 Å². The Morgan fingerprint density at radius 3 is 2.32 bits per heavy atom. The second-order valence-electron chi connectivity index (χ2n) is 13.1. The predicted octanol–water partition coefficient (Wildman–Crippen LogP) is 8.19. The first-order valence-corrected chi connectivity index (χ1v) is 17.3. The van der Waals surface area contributed by atoms with Gasteiger partial charge in [0.1, 0.15) is 5.78 Å². The minimum atomic E-state index is -1.93. The lowest BCUT2D eigenvalue weighted by molar-refractivity contribution is -0.140. The van der Waals surface area contributed by atoms with Crippen LogP contribution in [0.2, 0.25) is 18.1 Å². The third-order valence-corrected chi connectivity index (χ3v) is 12.1. The summed E-state index contributed by atoms with van der Waals surface area (Å²) in [5, 5.41) is 0.145. The molecule has 0 aromatic heterocycles. The zero-order valence-corrected chi connectivity index (χ0v) is 26.5. The SMILES string of the molecule is CCCCCC(C=C[C@H]1C(OC(C)(C)C)CC(=O)[C@@H]1CC=CCCCC(=O)OC)O[Si](C)(C)C(C)(C)C. The van der Waals surface area contributed by atoms with Crippen molar-refractivity contribution in [3.05, 3.63) is 24.3 Å². The lowest BCUT2D eigenvalue weighted by Gasteiger charge is -2.39. The lowest BCUT2D eigenvalue weighted by atomic mass is 9.89. The van der Waals surface area contributed by atoms with Crippen molar-refractivity contribution >= 4 is 20.1 Å². The molecule has 0 aromatic rings. The van der Waals surface area contributed by atoms with Gasteiger partial charge in [0.25, 0.3) is 0 Å². The summed E-state index contributed by atoms with van der Waals surface area (Å²) in [5.41, 5.74) is -0.312. The van der Waals surface area contributed by atoms with Crippen LogP contribution in [0.15, 0.2) is 24.3 Å². The van der Waals surface area contributed by atoms with Gasteiger partial charge in [0.05, 0.1) is 24.9 Å². The summed E-state index contributed by atoms with van der Waals surface area (Å²) in [6, 6.07) is 0. The zero-order chi connectivity index (χ0) is 28.3. The summed E-state index contributed by atoms with van der Waals surface area (Å²) < 4.78 is 17.9. The molecule has 1 fully saturated rings. The minimum absolute atomic E-state index is 0.0307. The van der Waals surface area contributed by atoms with E-state index >= 15 is 0 Å². The molecule has 5 nitrogen and oxygen atoms in total. The number of esters is 1. The van der Waals surface area contributed by atoms with Crippen LogP contribution in [0.1, 0.15) is 106 Å². The maximum Gasteiger partial charge on any atom is 0.305 e. The molecule has 0 radical (unpaired) electrons. The Balaban J connectivity index is 3.06. The van der Waals surface area contributed by atoms with E-state index in [0.29, 0.717) is 19.3 Å². The molecule has 0 aliphatic heterocycles. The predicted molar refractivity (Wildman–Crippen MR) is 156 cm³/mol. The molecule has 1 aliphatic rings. The molecule has 0 spiro atoms.